The van der Waals surface area contributed by atoms with E-state index < -0.39 is 0 Å². The average Bonchev–Trinajstić information content (AvgIpc) is 2.63. The van der Waals surface area contributed by atoms with E-state index in [0.29, 0.717) is 29.1 Å². The maximum Gasteiger partial charge on any atom is 0.242 e. The van der Waals surface area contributed by atoms with Crippen molar-refractivity contribution in [1.82, 2.24) is 15.2 Å². The lowest BCUT2D eigenvalue weighted by molar-refractivity contribution is -0.123. The number of nitrogens with one attached hydrogen (secondary N) is 2. The summed E-state index contributed by atoms with van der Waals surface area (Å²) in [6, 6.07) is 3.21. The number of carbonyl (C=O) groups is 2. The molecule has 0 aliphatic carbocycles. The molecule has 0 bridgehead atoms. The molecule has 3 heterocycles. The number of halogens is 1. The summed E-state index contributed by atoms with van der Waals surface area (Å²) < 4.78 is 0. The van der Waals surface area contributed by atoms with Crippen LogP contribution in [0.25, 0.3) is 0 Å². The van der Waals surface area contributed by atoms with Gasteiger partial charge in [-0.15, -0.1) is 0 Å². The number of rotatable bonds is 4. The predicted molar refractivity (Wildman–Crippen MR) is 97.4 cm³/mol. The van der Waals surface area contributed by atoms with Crippen molar-refractivity contribution in [3.8, 4) is 0 Å². The van der Waals surface area contributed by atoms with Gasteiger partial charge in [0.2, 0.25) is 11.8 Å². The summed E-state index contributed by atoms with van der Waals surface area (Å²) in [5.74, 6) is 1.69. The Morgan fingerprint density at radius 2 is 2.24 bits per heavy atom. The number of aromatic nitrogens is 1. The van der Waals surface area contributed by atoms with Crippen molar-refractivity contribution in [3.05, 3.63) is 23.4 Å². The highest BCUT2D eigenvalue weighted by molar-refractivity contribution is 6.30. The highest BCUT2D eigenvalue weighted by Crippen LogP contribution is 2.29. The molecule has 3 atom stereocenters. The number of hydrogen-bond acceptors (Lipinski definition) is 4. The molecule has 2 amide bonds. The SMILES string of the molecule is C[C@@H](C(=O)Nc1ccc(Cl)cn1)N1CCC[C@@H]([C@H]2CCC(=O)NC2)C1. The van der Waals surface area contributed by atoms with Crippen LogP contribution >= 0.6 is 11.6 Å². The van der Waals surface area contributed by atoms with Gasteiger partial charge < -0.3 is 10.6 Å². The Labute approximate surface area is 153 Å². The molecule has 25 heavy (non-hydrogen) atoms. The molecule has 3 rings (SSSR count). The first-order valence-corrected chi connectivity index (χ1v) is 9.34. The third-order valence-corrected chi connectivity index (χ3v) is 5.59. The van der Waals surface area contributed by atoms with E-state index >= 15 is 0 Å². The van der Waals surface area contributed by atoms with Crippen LogP contribution in [0.15, 0.2) is 18.3 Å². The zero-order chi connectivity index (χ0) is 17.8. The molecule has 7 heteroatoms. The molecule has 0 radical (unpaired) electrons. The van der Waals surface area contributed by atoms with Crippen LogP contribution in [-0.4, -0.2) is 47.4 Å². The third kappa shape index (κ3) is 4.70. The summed E-state index contributed by atoms with van der Waals surface area (Å²) in [6.07, 6.45) is 5.37. The van der Waals surface area contributed by atoms with Crippen LogP contribution < -0.4 is 10.6 Å². The summed E-state index contributed by atoms with van der Waals surface area (Å²) in [5.41, 5.74) is 0. The maximum atomic E-state index is 12.5. The maximum absolute atomic E-state index is 12.5. The van der Waals surface area contributed by atoms with Crippen molar-refractivity contribution in [2.24, 2.45) is 11.8 Å². The van der Waals surface area contributed by atoms with Crippen LogP contribution in [-0.2, 0) is 9.59 Å². The molecule has 1 aromatic rings. The Bertz CT molecular complexity index is 612. The van der Waals surface area contributed by atoms with Gasteiger partial charge in [-0.2, -0.15) is 0 Å². The molecule has 0 spiro atoms. The van der Waals surface area contributed by atoms with Gasteiger partial charge in [-0.1, -0.05) is 11.6 Å². The first kappa shape index (κ1) is 18.1. The topological polar surface area (TPSA) is 74.3 Å². The van der Waals surface area contributed by atoms with Crippen LogP contribution in [0.2, 0.25) is 5.02 Å². The average molecular weight is 365 g/mol. The summed E-state index contributed by atoms with van der Waals surface area (Å²) in [4.78, 5) is 30.3. The lowest BCUT2D eigenvalue weighted by atomic mass is 9.80. The van der Waals surface area contributed by atoms with Gasteiger partial charge in [-0.25, -0.2) is 4.98 Å². The summed E-state index contributed by atoms with van der Waals surface area (Å²) in [6.45, 7) is 4.55. The molecular formula is C18H25ClN4O2. The fourth-order valence-electron chi connectivity index (χ4n) is 3.78. The quantitative estimate of drug-likeness (QED) is 0.859. The van der Waals surface area contributed by atoms with Gasteiger partial charge in [0.05, 0.1) is 11.1 Å². The Morgan fingerprint density at radius 1 is 1.40 bits per heavy atom. The van der Waals surface area contributed by atoms with Crippen molar-refractivity contribution in [2.75, 3.05) is 25.0 Å². The zero-order valence-corrected chi connectivity index (χ0v) is 15.3. The van der Waals surface area contributed by atoms with Gasteiger partial charge in [-0.05, 0) is 56.7 Å². The van der Waals surface area contributed by atoms with Crippen molar-refractivity contribution in [1.29, 1.82) is 0 Å². The number of carbonyl (C=O) groups excluding carboxylic acids is 2. The normalized spacial score (nSPS) is 25.9. The number of piperidine rings is 2. The van der Waals surface area contributed by atoms with Crippen LogP contribution in [0.5, 0.6) is 0 Å². The van der Waals surface area contributed by atoms with Gasteiger partial charge in [0.25, 0.3) is 0 Å². The van der Waals surface area contributed by atoms with Gasteiger partial charge in [0, 0.05) is 25.7 Å². The second-order valence-corrected chi connectivity index (χ2v) is 7.46. The minimum Gasteiger partial charge on any atom is -0.356 e. The lowest BCUT2D eigenvalue weighted by Crippen LogP contribution is -2.50. The van der Waals surface area contributed by atoms with Gasteiger partial charge in [0.15, 0.2) is 0 Å². The molecule has 2 aliphatic heterocycles. The van der Waals surface area contributed by atoms with Crippen LogP contribution in [0.1, 0.15) is 32.6 Å². The van der Waals surface area contributed by atoms with Crippen LogP contribution in [0.4, 0.5) is 5.82 Å². The Morgan fingerprint density at radius 3 is 2.92 bits per heavy atom. The second kappa shape index (κ2) is 8.15. The van der Waals surface area contributed by atoms with Crippen molar-refractivity contribution in [3.63, 3.8) is 0 Å². The van der Waals surface area contributed by atoms with Gasteiger partial charge >= 0.3 is 0 Å². The largest absolute Gasteiger partial charge is 0.356 e. The van der Waals surface area contributed by atoms with E-state index in [-0.39, 0.29) is 17.9 Å². The molecule has 1 aromatic heterocycles. The molecular weight excluding hydrogens is 340 g/mol. The predicted octanol–water partition coefficient (Wildman–Crippen LogP) is 2.30. The number of pyridine rings is 1. The van der Waals surface area contributed by atoms with Crippen LogP contribution in [0, 0.1) is 11.8 Å². The first-order valence-electron chi connectivity index (χ1n) is 8.96. The number of nitrogens with zero attached hydrogens (tertiary/aromatic N) is 2. The zero-order valence-electron chi connectivity index (χ0n) is 14.5. The summed E-state index contributed by atoms with van der Waals surface area (Å²) in [7, 11) is 0. The van der Waals surface area contributed by atoms with Crippen LogP contribution in [0.3, 0.4) is 0 Å². The van der Waals surface area contributed by atoms with E-state index in [1.54, 1.807) is 12.1 Å². The van der Waals surface area contributed by atoms with E-state index in [4.69, 9.17) is 11.6 Å². The van der Waals surface area contributed by atoms with Gasteiger partial charge in [-0.3, -0.25) is 14.5 Å². The molecule has 2 fully saturated rings. The fraction of sp³-hybridized carbons (Fsp3) is 0.611. The minimum atomic E-state index is -0.210. The Hall–Kier alpha value is -1.66. The van der Waals surface area contributed by atoms with E-state index in [2.05, 4.69) is 20.5 Å². The van der Waals surface area contributed by atoms with E-state index in [0.717, 1.165) is 32.5 Å². The van der Waals surface area contributed by atoms with E-state index in [1.165, 1.54) is 12.6 Å². The molecule has 0 aromatic carbocycles. The Balaban J connectivity index is 1.55. The number of hydrogen-bond donors (Lipinski definition) is 2. The monoisotopic (exact) mass is 364 g/mol. The van der Waals surface area contributed by atoms with E-state index in [1.807, 2.05) is 6.92 Å². The molecule has 0 unspecified atom stereocenters. The third-order valence-electron chi connectivity index (χ3n) is 5.37. The molecule has 6 nitrogen and oxygen atoms in total. The highest BCUT2D eigenvalue weighted by atomic mass is 35.5. The van der Waals surface area contributed by atoms with Crippen molar-refractivity contribution >= 4 is 29.2 Å². The lowest BCUT2D eigenvalue weighted by Gasteiger charge is -2.40. The standard InChI is InChI=1S/C18H25ClN4O2/c1-12(18(25)22-16-6-5-15(19)10-20-16)23-8-2-3-14(11-23)13-4-7-17(24)21-9-13/h5-6,10,12-14H,2-4,7-9,11H2,1H3,(H,21,24)(H,20,22,25)/t12-,13-,14+/m0/s1. The summed E-state index contributed by atoms with van der Waals surface area (Å²) in [5, 5.41) is 6.38. The number of anilines is 1. The molecule has 136 valence electrons. The Kier molecular flexibility index (Phi) is 5.91. The molecule has 2 saturated heterocycles. The van der Waals surface area contributed by atoms with E-state index in [9.17, 15) is 9.59 Å². The minimum absolute atomic E-state index is 0.0487. The smallest absolute Gasteiger partial charge is 0.242 e. The molecule has 0 saturated carbocycles. The molecule has 2 aliphatic rings. The highest BCUT2D eigenvalue weighted by Gasteiger charge is 2.33. The number of likely N-dealkylation sites (tertiary alicyclic amines) is 1. The summed E-state index contributed by atoms with van der Waals surface area (Å²) >= 11 is 5.82. The van der Waals surface area contributed by atoms with Crippen molar-refractivity contribution < 1.29 is 9.59 Å². The van der Waals surface area contributed by atoms with Gasteiger partial charge in [0.1, 0.15) is 5.82 Å². The first-order chi connectivity index (χ1) is 12.0. The second-order valence-electron chi connectivity index (χ2n) is 7.03. The number of amides is 2. The fourth-order valence-corrected chi connectivity index (χ4v) is 3.89. The molecule has 2 N–H and O–H groups in total. The van der Waals surface area contributed by atoms with Crippen molar-refractivity contribution in [2.45, 2.75) is 38.6 Å².